The highest BCUT2D eigenvalue weighted by atomic mass is 79.9. The van der Waals surface area contributed by atoms with E-state index in [0.717, 1.165) is 32.6 Å². The van der Waals surface area contributed by atoms with Gasteiger partial charge in [0.1, 0.15) is 22.4 Å². The minimum Gasteiger partial charge on any atom is -0.372 e. The van der Waals surface area contributed by atoms with Gasteiger partial charge in [-0.1, -0.05) is 18.2 Å². The van der Waals surface area contributed by atoms with Crippen molar-refractivity contribution in [3.63, 3.8) is 0 Å². The molecule has 2 heterocycles. The minimum atomic E-state index is 0.699. The number of nitrogens with zero attached hydrogens (tertiary/aromatic N) is 3. The monoisotopic (exact) mass is 343 g/mol. The minimum absolute atomic E-state index is 0.699. The molecule has 0 aliphatic carbocycles. The van der Waals surface area contributed by atoms with Crippen LogP contribution in [0.15, 0.2) is 41.1 Å². The smallest absolute Gasteiger partial charge is 0.150 e. The Labute approximate surface area is 131 Å². The fraction of sp³-hybridized carbons (Fsp3) is 0.133. The Morgan fingerprint density at radius 1 is 1.05 bits per heavy atom. The summed E-state index contributed by atoms with van der Waals surface area (Å²) >= 11 is 3.51. The van der Waals surface area contributed by atoms with Gasteiger partial charge in [0.2, 0.25) is 0 Å². The molecule has 3 rings (SSSR count). The summed E-state index contributed by atoms with van der Waals surface area (Å²) in [6.45, 7) is 1.98. The van der Waals surface area contributed by atoms with Crippen molar-refractivity contribution in [3.8, 4) is 0 Å². The molecule has 0 bridgehead atoms. The Kier molecular flexibility index (Phi) is 3.70. The molecule has 0 fully saturated rings. The van der Waals surface area contributed by atoms with Crippen molar-refractivity contribution in [1.29, 1.82) is 0 Å². The highest BCUT2D eigenvalue weighted by molar-refractivity contribution is 9.10. The van der Waals surface area contributed by atoms with Crippen LogP contribution in [0.4, 0.5) is 17.3 Å². The molecule has 2 aromatic heterocycles. The fourth-order valence-electron chi connectivity index (χ4n) is 2.10. The molecule has 2 N–H and O–H groups in total. The molecule has 5 nitrogen and oxygen atoms in total. The van der Waals surface area contributed by atoms with Crippen LogP contribution in [0.5, 0.6) is 0 Å². The number of benzene rings is 1. The maximum Gasteiger partial charge on any atom is 0.150 e. The first-order valence-electron chi connectivity index (χ1n) is 6.50. The maximum absolute atomic E-state index is 4.61. The van der Waals surface area contributed by atoms with Gasteiger partial charge >= 0.3 is 0 Å². The number of aromatic nitrogens is 3. The Morgan fingerprint density at radius 2 is 1.86 bits per heavy atom. The van der Waals surface area contributed by atoms with E-state index in [-0.39, 0.29) is 0 Å². The van der Waals surface area contributed by atoms with Gasteiger partial charge in [-0.05, 0) is 35.0 Å². The first-order valence-corrected chi connectivity index (χ1v) is 7.30. The molecule has 21 heavy (non-hydrogen) atoms. The lowest BCUT2D eigenvalue weighted by Crippen LogP contribution is -2.01. The molecule has 106 valence electrons. The lowest BCUT2D eigenvalue weighted by molar-refractivity contribution is 1.14. The molecule has 0 saturated carbocycles. The largest absolute Gasteiger partial charge is 0.372 e. The van der Waals surface area contributed by atoms with Gasteiger partial charge < -0.3 is 10.6 Å². The van der Waals surface area contributed by atoms with Gasteiger partial charge in [0, 0.05) is 18.1 Å². The number of aryl methyl sites for hydroxylation is 1. The van der Waals surface area contributed by atoms with Crippen LogP contribution < -0.4 is 10.6 Å². The SMILES string of the molecule is CNc1ncnc(Nc2cccc3ccc(C)nc23)c1Br. The second kappa shape index (κ2) is 5.65. The molecule has 0 saturated heterocycles. The molecule has 1 aromatic carbocycles. The van der Waals surface area contributed by atoms with E-state index in [1.807, 2.05) is 38.2 Å². The number of rotatable bonds is 3. The first-order chi connectivity index (χ1) is 10.2. The zero-order valence-electron chi connectivity index (χ0n) is 11.7. The summed E-state index contributed by atoms with van der Waals surface area (Å²) in [7, 11) is 1.82. The molecule has 0 radical (unpaired) electrons. The van der Waals surface area contributed by atoms with E-state index in [4.69, 9.17) is 0 Å². The predicted molar refractivity (Wildman–Crippen MR) is 89.0 cm³/mol. The van der Waals surface area contributed by atoms with Gasteiger partial charge in [0.15, 0.2) is 0 Å². The van der Waals surface area contributed by atoms with Crippen molar-refractivity contribution in [1.82, 2.24) is 15.0 Å². The third-order valence-corrected chi connectivity index (χ3v) is 3.89. The topological polar surface area (TPSA) is 62.7 Å². The Morgan fingerprint density at radius 3 is 2.67 bits per heavy atom. The van der Waals surface area contributed by atoms with Gasteiger partial charge in [0.25, 0.3) is 0 Å². The van der Waals surface area contributed by atoms with Gasteiger partial charge in [0.05, 0.1) is 11.2 Å². The molecule has 0 atom stereocenters. The predicted octanol–water partition coefficient (Wildman–Crippen LogP) is 3.88. The molecular formula is C15H14BrN5. The average molecular weight is 344 g/mol. The van der Waals surface area contributed by atoms with Crippen molar-refractivity contribution >= 4 is 44.2 Å². The highest BCUT2D eigenvalue weighted by Gasteiger charge is 2.10. The lowest BCUT2D eigenvalue weighted by Gasteiger charge is -2.11. The molecule has 0 amide bonds. The van der Waals surface area contributed by atoms with E-state index in [9.17, 15) is 0 Å². The van der Waals surface area contributed by atoms with Crippen molar-refractivity contribution in [2.45, 2.75) is 6.92 Å². The number of anilines is 3. The maximum atomic E-state index is 4.61. The van der Waals surface area contributed by atoms with E-state index in [0.29, 0.717) is 5.82 Å². The van der Waals surface area contributed by atoms with Crippen molar-refractivity contribution in [2.75, 3.05) is 17.7 Å². The summed E-state index contributed by atoms with van der Waals surface area (Å²) in [5.74, 6) is 1.43. The Bertz CT molecular complexity index is 803. The first kappa shape index (κ1) is 13.8. The summed E-state index contributed by atoms with van der Waals surface area (Å²) in [5, 5.41) is 7.42. The number of hydrogen-bond donors (Lipinski definition) is 2. The van der Waals surface area contributed by atoms with Crippen LogP contribution in [0.2, 0.25) is 0 Å². The summed E-state index contributed by atoms with van der Waals surface area (Å²) in [6.07, 6.45) is 1.52. The normalized spacial score (nSPS) is 10.6. The number of nitrogens with one attached hydrogen (secondary N) is 2. The average Bonchev–Trinajstić information content (AvgIpc) is 2.50. The molecule has 6 heteroatoms. The standard InChI is InChI=1S/C15H14BrN5/c1-9-6-7-10-4-3-5-11(13(10)20-9)21-15-12(16)14(17-2)18-8-19-15/h3-8H,1-2H3,(H2,17,18,19,21). The van der Waals surface area contributed by atoms with E-state index in [2.05, 4.69) is 47.6 Å². The molecule has 0 unspecified atom stereocenters. The zero-order chi connectivity index (χ0) is 14.8. The number of para-hydroxylation sites is 1. The van der Waals surface area contributed by atoms with Crippen LogP contribution in [0.3, 0.4) is 0 Å². The van der Waals surface area contributed by atoms with Gasteiger partial charge in [-0.3, -0.25) is 4.98 Å². The second-order valence-electron chi connectivity index (χ2n) is 4.59. The van der Waals surface area contributed by atoms with Crippen molar-refractivity contribution in [2.24, 2.45) is 0 Å². The molecule has 0 spiro atoms. The Balaban J connectivity index is 2.08. The highest BCUT2D eigenvalue weighted by Crippen LogP contribution is 2.31. The van der Waals surface area contributed by atoms with Crippen molar-refractivity contribution < 1.29 is 0 Å². The third kappa shape index (κ3) is 2.67. The zero-order valence-corrected chi connectivity index (χ0v) is 13.3. The van der Waals surface area contributed by atoms with Gasteiger partial charge in [-0.15, -0.1) is 0 Å². The number of fused-ring (bicyclic) bond motifs is 1. The van der Waals surface area contributed by atoms with Crippen LogP contribution in [0.25, 0.3) is 10.9 Å². The van der Waals surface area contributed by atoms with Crippen LogP contribution in [0, 0.1) is 6.92 Å². The van der Waals surface area contributed by atoms with E-state index in [1.54, 1.807) is 0 Å². The van der Waals surface area contributed by atoms with Gasteiger partial charge in [-0.25, -0.2) is 9.97 Å². The second-order valence-corrected chi connectivity index (χ2v) is 5.38. The summed E-state index contributed by atoms with van der Waals surface area (Å²) in [4.78, 5) is 13.0. The van der Waals surface area contributed by atoms with E-state index >= 15 is 0 Å². The summed E-state index contributed by atoms with van der Waals surface area (Å²) in [6, 6.07) is 10.1. The van der Waals surface area contributed by atoms with Crippen LogP contribution in [0.1, 0.15) is 5.69 Å². The quantitative estimate of drug-likeness (QED) is 0.755. The van der Waals surface area contributed by atoms with Crippen molar-refractivity contribution in [3.05, 3.63) is 46.8 Å². The molecule has 0 aliphatic rings. The molecular weight excluding hydrogens is 330 g/mol. The number of hydrogen-bond acceptors (Lipinski definition) is 5. The third-order valence-electron chi connectivity index (χ3n) is 3.14. The lowest BCUT2D eigenvalue weighted by atomic mass is 10.1. The Hall–Kier alpha value is -2.21. The summed E-state index contributed by atoms with van der Waals surface area (Å²) < 4.78 is 0.789. The number of halogens is 1. The van der Waals surface area contributed by atoms with Crippen LogP contribution >= 0.6 is 15.9 Å². The summed E-state index contributed by atoms with van der Waals surface area (Å²) in [5.41, 5.74) is 2.82. The number of pyridine rings is 1. The van der Waals surface area contributed by atoms with Gasteiger partial charge in [-0.2, -0.15) is 0 Å². The molecule has 3 aromatic rings. The molecule has 0 aliphatic heterocycles. The fourth-order valence-corrected chi connectivity index (χ4v) is 2.61. The van der Waals surface area contributed by atoms with E-state index < -0.39 is 0 Å². The van der Waals surface area contributed by atoms with Crippen LogP contribution in [-0.2, 0) is 0 Å². The van der Waals surface area contributed by atoms with Crippen LogP contribution in [-0.4, -0.2) is 22.0 Å². The van der Waals surface area contributed by atoms with E-state index in [1.165, 1.54) is 6.33 Å².